The number of pyridine rings is 1. The highest BCUT2D eigenvalue weighted by Crippen LogP contribution is 2.21. The fourth-order valence-corrected chi connectivity index (χ4v) is 2.77. The fraction of sp³-hybridized carbons (Fsp3) is 0.312. The number of benzene rings is 1. The standard InChI is InChI=1S/C16H18ClN3/c17-15-4-1-5-16(11-15)20-9-7-19(8-10-20)13-14-3-2-6-18-12-14/h1-6,11-12H,7-10,13H2. The summed E-state index contributed by atoms with van der Waals surface area (Å²) in [4.78, 5) is 9.04. The first-order valence-electron chi connectivity index (χ1n) is 6.93. The highest BCUT2D eigenvalue weighted by molar-refractivity contribution is 6.30. The lowest BCUT2D eigenvalue weighted by Gasteiger charge is -2.36. The van der Waals surface area contributed by atoms with Gasteiger partial charge in [0.05, 0.1) is 0 Å². The van der Waals surface area contributed by atoms with E-state index in [1.165, 1.54) is 11.3 Å². The zero-order valence-corrected chi connectivity index (χ0v) is 12.1. The van der Waals surface area contributed by atoms with Gasteiger partial charge in [0.25, 0.3) is 0 Å². The second-order valence-corrected chi connectivity index (χ2v) is 5.54. The molecule has 0 bridgehead atoms. The maximum atomic E-state index is 6.06. The van der Waals surface area contributed by atoms with Crippen molar-refractivity contribution in [2.75, 3.05) is 31.1 Å². The molecule has 2 aromatic rings. The molecule has 0 N–H and O–H groups in total. The average Bonchev–Trinajstić information content (AvgIpc) is 2.49. The van der Waals surface area contributed by atoms with Gasteiger partial charge in [-0.15, -0.1) is 0 Å². The fourth-order valence-electron chi connectivity index (χ4n) is 2.59. The summed E-state index contributed by atoms with van der Waals surface area (Å²) < 4.78 is 0. The summed E-state index contributed by atoms with van der Waals surface area (Å²) in [6.07, 6.45) is 3.77. The summed E-state index contributed by atoms with van der Waals surface area (Å²) in [5.74, 6) is 0. The van der Waals surface area contributed by atoms with Crippen LogP contribution in [0.3, 0.4) is 0 Å². The van der Waals surface area contributed by atoms with Crippen LogP contribution in [-0.4, -0.2) is 36.1 Å². The number of rotatable bonds is 3. The van der Waals surface area contributed by atoms with E-state index in [0.717, 1.165) is 37.7 Å². The minimum absolute atomic E-state index is 0.806. The maximum Gasteiger partial charge on any atom is 0.0426 e. The molecular weight excluding hydrogens is 270 g/mol. The third-order valence-electron chi connectivity index (χ3n) is 3.67. The van der Waals surface area contributed by atoms with Crippen LogP contribution in [-0.2, 0) is 6.54 Å². The zero-order valence-electron chi connectivity index (χ0n) is 11.4. The smallest absolute Gasteiger partial charge is 0.0426 e. The number of aromatic nitrogens is 1. The first-order chi connectivity index (χ1) is 9.81. The van der Waals surface area contributed by atoms with Crippen molar-refractivity contribution in [1.29, 1.82) is 0 Å². The topological polar surface area (TPSA) is 19.4 Å². The Kier molecular flexibility index (Phi) is 4.19. The number of piperazine rings is 1. The van der Waals surface area contributed by atoms with Gasteiger partial charge in [-0.25, -0.2) is 0 Å². The molecule has 1 aromatic carbocycles. The van der Waals surface area contributed by atoms with Crippen molar-refractivity contribution >= 4 is 17.3 Å². The molecule has 1 saturated heterocycles. The van der Waals surface area contributed by atoms with E-state index in [2.05, 4.69) is 26.9 Å². The third kappa shape index (κ3) is 3.30. The van der Waals surface area contributed by atoms with E-state index in [0.29, 0.717) is 0 Å². The molecule has 0 amide bonds. The van der Waals surface area contributed by atoms with E-state index >= 15 is 0 Å². The van der Waals surface area contributed by atoms with Crippen LogP contribution in [0.1, 0.15) is 5.56 Å². The van der Waals surface area contributed by atoms with Crippen LogP contribution >= 0.6 is 11.6 Å². The summed E-state index contributed by atoms with van der Waals surface area (Å²) in [6, 6.07) is 12.2. The summed E-state index contributed by atoms with van der Waals surface area (Å²) in [7, 11) is 0. The lowest BCUT2D eigenvalue weighted by Crippen LogP contribution is -2.45. The van der Waals surface area contributed by atoms with Crippen molar-refractivity contribution in [2.24, 2.45) is 0 Å². The quantitative estimate of drug-likeness (QED) is 0.865. The largest absolute Gasteiger partial charge is 0.369 e. The molecule has 2 heterocycles. The number of hydrogen-bond donors (Lipinski definition) is 0. The Balaban J connectivity index is 1.57. The number of halogens is 1. The van der Waals surface area contributed by atoms with Gasteiger partial charge in [-0.2, -0.15) is 0 Å². The predicted octanol–water partition coefficient (Wildman–Crippen LogP) is 3.06. The van der Waals surface area contributed by atoms with Gasteiger partial charge in [0.2, 0.25) is 0 Å². The zero-order chi connectivity index (χ0) is 13.8. The molecule has 3 rings (SSSR count). The lowest BCUT2D eigenvalue weighted by atomic mass is 10.2. The van der Waals surface area contributed by atoms with E-state index < -0.39 is 0 Å². The first-order valence-corrected chi connectivity index (χ1v) is 7.31. The van der Waals surface area contributed by atoms with Crippen LogP contribution in [0.5, 0.6) is 0 Å². The Morgan fingerprint density at radius 3 is 2.60 bits per heavy atom. The van der Waals surface area contributed by atoms with Crippen LogP contribution in [0.2, 0.25) is 5.02 Å². The van der Waals surface area contributed by atoms with Gasteiger partial charge in [0, 0.05) is 55.8 Å². The second-order valence-electron chi connectivity index (χ2n) is 5.10. The monoisotopic (exact) mass is 287 g/mol. The average molecular weight is 288 g/mol. The molecule has 0 radical (unpaired) electrons. The Bertz CT molecular complexity index is 551. The van der Waals surface area contributed by atoms with Crippen LogP contribution in [0.15, 0.2) is 48.8 Å². The Morgan fingerprint density at radius 1 is 1.05 bits per heavy atom. The van der Waals surface area contributed by atoms with E-state index in [1.807, 2.05) is 36.7 Å². The molecule has 20 heavy (non-hydrogen) atoms. The molecule has 0 saturated carbocycles. The summed E-state index contributed by atoms with van der Waals surface area (Å²) >= 11 is 6.06. The van der Waals surface area contributed by atoms with Gasteiger partial charge in [-0.1, -0.05) is 23.7 Å². The van der Waals surface area contributed by atoms with Crippen LogP contribution in [0, 0.1) is 0 Å². The van der Waals surface area contributed by atoms with Gasteiger partial charge in [-0.05, 0) is 29.8 Å². The van der Waals surface area contributed by atoms with Crippen LogP contribution < -0.4 is 4.90 Å². The molecule has 4 heteroatoms. The maximum absolute atomic E-state index is 6.06. The van der Waals surface area contributed by atoms with E-state index in [-0.39, 0.29) is 0 Å². The molecule has 1 aromatic heterocycles. The van der Waals surface area contributed by atoms with Crippen LogP contribution in [0.25, 0.3) is 0 Å². The Hall–Kier alpha value is -1.58. The molecule has 1 aliphatic heterocycles. The van der Waals surface area contributed by atoms with Crippen molar-refractivity contribution in [2.45, 2.75) is 6.54 Å². The van der Waals surface area contributed by atoms with Gasteiger partial charge in [0.15, 0.2) is 0 Å². The Labute approximate surface area is 124 Å². The molecule has 0 aliphatic carbocycles. The molecule has 0 spiro atoms. The number of nitrogens with zero attached hydrogens (tertiary/aromatic N) is 3. The SMILES string of the molecule is Clc1cccc(N2CCN(Cc3cccnc3)CC2)c1. The van der Waals surface area contributed by atoms with Crippen molar-refractivity contribution in [3.8, 4) is 0 Å². The first kappa shape index (κ1) is 13.4. The summed E-state index contributed by atoms with van der Waals surface area (Å²) in [5.41, 5.74) is 2.50. The lowest BCUT2D eigenvalue weighted by molar-refractivity contribution is 0.249. The van der Waals surface area contributed by atoms with Gasteiger partial charge < -0.3 is 4.90 Å². The van der Waals surface area contributed by atoms with Crippen molar-refractivity contribution in [3.63, 3.8) is 0 Å². The van der Waals surface area contributed by atoms with E-state index in [1.54, 1.807) is 0 Å². The predicted molar refractivity (Wildman–Crippen MR) is 83.2 cm³/mol. The second kappa shape index (κ2) is 6.25. The highest BCUT2D eigenvalue weighted by Gasteiger charge is 2.17. The van der Waals surface area contributed by atoms with Crippen molar-refractivity contribution in [3.05, 3.63) is 59.4 Å². The molecule has 3 nitrogen and oxygen atoms in total. The minimum atomic E-state index is 0.806. The molecule has 0 atom stereocenters. The van der Waals surface area contributed by atoms with Gasteiger partial charge >= 0.3 is 0 Å². The van der Waals surface area contributed by atoms with E-state index in [4.69, 9.17) is 11.6 Å². The van der Waals surface area contributed by atoms with Gasteiger partial charge in [0.1, 0.15) is 0 Å². The molecular formula is C16H18ClN3. The highest BCUT2D eigenvalue weighted by atomic mass is 35.5. The van der Waals surface area contributed by atoms with Crippen molar-refractivity contribution < 1.29 is 0 Å². The van der Waals surface area contributed by atoms with Crippen molar-refractivity contribution in [1.82, 2.24) is 9.88 Å². The number of hydrogen-bond acceptors (Lipinski definition) is 3. The normalized spacial score (nSPS) is 16.4. The molecule has 0 unspecified atom stereocenters. The number of anilines is 1. The minimum Gasteiger partial charge on any atom is -0.369 e. The van der Waals surface area contributed by atoms with Gasteiger partial charge in [-0.3, -0.25) is 9.88 Å². The van der Waals surface area contributed by atoms with E-state index in [9.17, 15) is 0 Å². The van der Waals surface area contributed by atoms with Crippen LogP contribution in [0.4, 0.5) is 5.69 Å². The summed E-state index contributed by atoms with van der Waals surface area (Å²) in [6.45, 7) is 5.21. The third-order valence-corrected chi connectivity index (χ3v) is 3.91. The molecule has 1 fully saturated rings. The Morgan fingerprint density at radius 2 is 1.90 bits per heavy atom. The summed E-state index contributed by atoms with van der Waals surface area (Å²) in [5, 5.41) is 0.806. The molecule has 104 valence electrons. The molecule has 1 aliphatic rings.